The molecule has 2 aromatic carbocycles. The highest BCUT2D eigenvalue weighted by molar-refractivity contribution is 9.10. The highest BCUT2D eigenvalue weighted by Gasteiger charge is 2.42. The lowest BCUT2D eigenvalue weighted by atomic mass is 10.0. The third-order valence-electron chi connectivity index (χ3n) is 5.60. The van der Waals surface area contributed by atoms with Crippen LogP contribution in [0.3, 0.4) is 0 Å². The minimum absolute atomic E-state index is 0.0521. The number of anilines is 1. The van der Waals surface area contributed by atoms with Crippen LogP contribution in [0.5, 0.6) is 0 Å². The van der Waals surface area contributed by atoms with E-state index in [2.05, 4.69) is 116 Å². The average Bonchev–Trinajstić information content (AvgIpc) is 3.40. The van der Waals surface area contributed by atoms with Gasteiger partial charge in [0.1, 0.15) is 6.04 Å². The van der Waals surface area contributed by atoms with Gasteiger partial charge in [0, 0.05) is 33.9 Å². The predicted octanol–water partition coefficient (Wildman–Crippen LogP) is 6.12. The Balaban J connectivity index is 1.66. The van der Waals surface area contributed by atoms with Gasteiger partial charge in [0.05, 0.1) is 11.7 Å². The molecule has 154 valence electrons. The molecule has 3 heterocycles. The van der Waals surface area contributed by atoms with E-state index in [1.165, 1.54) is 5.56 Å². The van der Waals surface area contributed by atoms with Crippen LogP contribution >= 0.6 is 28.1 Å². The SMILES string of the molecule is Cc1ccc(N2C(=S)NC(c3ccccn3)C2c2cccn2-c2ccc(Br)cc2)cc1. The first-order valence-corrected chi connectivity index (χ1v) is 11.3. The second-order valence-electron chi connectivity index (χ2n) is 7.61. The van der Waals surface area contributed by atoms with Gasteiger partial charge in [-0.05, 0) is 79.8 Å². The molecule has 0 radical (unpaired) electrons. The summed E-state index contributed by atoms with van der Waals surface area (Å²) in [5.41, 5.74) is 5.50. The van der Waals surface area contributed by atoms with Gasteiger partial charge in [0.15, 0.2) is 5.11 Å². The predicted molar refractivity (Wildman–Crippen MR) is 133 cm³/mol. The van der Waals surface area contributed by atoms with Crippen LogP contribution < -0.4 is 10.2 Å². The fraction of sp³-hybridized carbons (Fsp3) is 0.120. The Kier molecular flexibility index (Phi) is 5.34. The van der Waals surface area contributed by atoms with E-state index in [1.54, 1.807) is 0 Å². The van der Waals surface area contributed by atoms with Gasteiger partial charge in [0.25, 0.3) is 0 Å². The monoisotopic (exact) mass is 488 g/mol. The number of rotatable bonds is 4. The smallest absolute Gasteiger partial charge is 0.174 e. The van der Waals surface area contributed by atoms with Crippen LogP contribution in [0.25, 0.3) is 5.69 Å². The Morgan fingerprint density at radius 2 is 1.65 bits per heavy atom. The number of thiocarbonyl (C=S) groups is 1. The molecule has 1 aliphatic rings. The molecule has 5 rings (SSSR count). The summed E-state index contributed by atoms with van der Waals surface area (Å²) >= 11 is 9.37. The third-order valence-corrected chi connectivity index (χ3v) is 6.44. The molecule has 1 aliphatic heterocycles. The van der Waals surface area contributed by atoms with Gasteiger partial charge < -0.3 is 14.8 Å². The van der Waals surface area contributed by atoms with Gasteiger partial charge in [-0.3, -0.25) is 4.98 Å². The summed E-state index contributed by atoms with van der Waals surface area (Å²) in [5.74, 6) is 0. The number of aromatic nitrogens is 2. The summed E-state index contributed by atoms with van der Waals surface area (Å²) < 4.78 is 3.28. The van der Waals surface area contributed by atoms with Crippen molar-refractivity contribution in [1.29, 1.82) is 0 Å². The lowest BCUT2D eigenvalue weighted by Gasteiger charge is -2.29. The summed E-state index contributed by atoms with van der Waals surface area (Å²) in [6.45, 7) is 2.09. The number of benzene rings is 2. The number of hydrogen-bond acceptors (Lipinski definition) is 2. The molecule has 1 N–H and O–H groups in total. The normalized spacial score (nSPS) is 18.3. The van der Waals surface area contributed by atoms with Gasteiger partial charge in [-0.15, -0.1) is 0 Å². The fourth-order valence-electron chi connectivity index (χ4n) is 4.11. The highest BCUT2D eigenvalue weighted by atomic mass is 79.9. The van der Waals surface area contributed by atoms with Crippen LogP contribution in [0.2, 0.25) is 0 Å². The second-order valence-corrected chi connectivity index (χ2v) is 8.91. The number of pyridine rings is 1. The van der Waals surface area contributed by atoms with E-state index in [0.29, 0.717) is 5.11 Å². The van der Waals surface area contributed by atoms with E-state index in [0.717, 1.165) is 27.2 Å². The van der Waals surface area contributed by atoms with Crippen molar-refractivity contribution < 1.29 is 0 Å². The first-order chi connectivity index (χ1) is 15.1. The number of hydrogen-bond donors (Lipinski definition) is 1. The lowest BCUT2D eigenvalue weighted by Crippen LogP contribution is -2.30. The zero-order valence-corrected chi connectivity index (χ0v) is 19.3. The Morgan fingerprint density at radius 1 is 0.903 bits per heavy atom. The standard InChI is InChI=1S/C25H21BrN4S/c1-17-7-11-20(12-8-17)30-24(23(28-25(30)31)21-5-2-3-15-27-21)22-6-4-16-29(22)19-13-9-18(26)10-14-19/h2-16,23-24H,1H3,(H,28,31). The van der Waals surface area contributed by atoms with E-state index in [9.17, 15) is 0 Å². The van der Waals surface area contributed by atoms with E-state index in [-0.39, 0.29) is 12.1 Å². The first-order valence-electron chi connectivity index (χ1n) is 10.1. The minimum Gasteiger partial charge on any atom is -0.351 e. The van der Waals surface area contributed by atoms with Crippen LogP contribution in [0, 0.1) is 6.92 Å². The quantitative estimate of drug-likeness (QED) is 0.350. The van der Waals surface area contributed by atoms with Gasteiger partial charge in [-0.1, -0.05) is 39.7 Å². The van der Waals surface area contributed by atoms with Crippen LogP contribution in [0.15, 0.2) is 95.7 Å². The summed E-state index contributed by atoms with van der Waals surface area (Å²) in [7, 11) is 0. The zero-order chi connectivity index (χ0) is 21.4. The van der Waals surface area contributed by atoms with Crippen LogP contribution in [0.4, 0.5) is 5.69 Å². The van der Waals surface area contributed by atoms with E-state index >= 15 is 0 Å². The number of aryl methyl sites for hydroxylation is 1. The molecule has 0 saturated carbocycles. The Labute approximate surface area is 195 Å². The molecular formula is C25H21BrN4S. The summed E-state index contributed by atoms with van der Waals surface area (Å²) in [5, 5.41) is 4.24. The van der Waals surface area contributed by atoms with Crippen molar-refractivity contribution in [3.8, 4) is 5.69 Å². The van der Waals surface area contributed by atoms with Crippen molar-refractivity contribution >= 4 is 38.9 Å². The molecule has 0 aliphatic carbocycles. The van der Waals surface area contributed by atoms with Crippen LogP contribution in [0.1, 0.15) is 29.0 Å². The lowest BCUT2D eigenvalue weighted by molar-refractivity contribution is 0.549. The molecule has 0 amide bonds. The highest BCUT2D eigenvalue weighted by Crippen LogP contribution is 2.42. The van der Waals surface area contributed by atoms with E-state index in [1.807, 2.05) is 18.3 Å². The molecular weight excluding hydrogens is 468 g/mol. The van der Waals surface area contributed by atoms with Crippen molar-refractivity contribution in [2.75, 3.05) is 4.90 Å². The molecule has 1 fully saturated rings. The minimum atomic E-state index is -0.0703. The largest absolute Gasteiger partial charge is 0.351 e. The van der Waals surface area contributed by atoms with Crippen molar-refractivity contribution in [2.45, 2.75) is 19.0 Å². The first kappa shape index (κ1) is 20.0. The maximum atomic E-state index is 5.83. The van der Waals surface area contributed by atoms with E-state index in [4.69, 9.17) is 12.2 Å². The van der Waals surface area contributed by atoms with Crippen LogP contribution in [-0.2, 0) is 0 Å². The molecule has 31 heavy (non-hydrogen) atoms. The van der Waals surface area contributed by atoms with Crippen molar-refractivity contribution in [3.05, 3.63) is 113 Å². The van der Waals surface area contributed by atoms with Gasteiger partial charge in [-0.25, -0.2) is 0 Å². The average molecular weight is 489 g/mol. The molecule has 0 spiro atoms. The van der Waals surface area contributed by atoms with Crippen molar-refractivity contribution in [2.24, 2.45) is 0 Å². The number of nitrogens with zero attached hydrogens (tertiary/aromatic N) is 3. The molecule has 4 nitrogen and oxygen atoms in total. The maximum absolute atomic E-state index is 5.83. The maximum Gasteiger partial charge on any atom is 0.174 e. The van der Waals surface area contributed by atoms with Gasteiger partial charge in [0.2, 0.25) is 0 Å². The molecule has 2 unspecified atom stereocenters. The Bertz CT molecular complexity index is 1200. The number of halogens is 1. The Hall–Kier alpha value is -2.96. The topological polar surface area (TPSA) is 33.1 Å². The second kappa shape index (κ2) is 8.29. The molecule has 0 bridgehead atoms. The van der Waals surface area contributed by atoms with Crippen molar-refractivity contribution in [1.82, 2.24) is 14.9 Å². The van der Waals surface area contributed by atoms with Crippen molar-refractivity contribution in [3.63, 3.8) is 0 Å². The summed E-state index contributed by atoms with van der Waals surface area (Å²) in [4.78, 5) is 6.85. The molecule has 1 saturated heterocycles. The number of nitrogens with one attached hydrogen (secondary N) is 1. The van der Waals surface area contributed by atoms with Gasteiger partial charge >= 0.3 is 0 Å². The fourth-order valence-corrected chi connectivity index (χ4v) is 4.72. The Morgan fingerprint density at radius 3 is 2.35 bits per heavy atom. The summed E-state index contributed by atoms with van der Waals surface area (Å²) in [6.07, 6.45) is 3.93. The summed E-state index contributed by atoms with van der Waals surface area (Å²) in [6, 6.07) is 27.0. The van der Waals surface area contributed by atoms with Crippen LogP contribution in [-0.4, -0.2) is 14.7 Å². The molecule has 2 atom stereocenters. The third kappa shape index (κ3) is 3.77. The zero-order valence-electron chi connectivity index (χ0n) is 16.9. The van der Waals surface area contributed by atoms with Gasteiger partial charge in [-0.2, -0.15) is 0 Å². The molecule has 2 aromatic heterocycles. The molecule has 4 aromatic rings. The molecule has 6 heteroatoms. The van der Waals surface area contributed by atoms with E-state index < -0.39 is 0 Å².